The van der Waals surface area contributed by atoms with E-state index in [4.69, 9.17) is 9.47 Å². The number of hydrogen-bond acceptors (Lipinski definition) is 3. The molecule has 0 fully saturated rings. The smallest absolute Gasteiger partial charge is 0.147 e. The molecule has 0 unspecified atom stereocenters. The zero-order valence-electron chi connectivity index (χ0n) is 11.5. The van der Waals surface area contributed by atoms with E-state index in [0.717, 1.165) is 36.2 Å². The molecule has 0 atom stereocenters. The van der Waals surface area contributed by atoms with Gasteiger partial charge in [-0.1, -0.05) is 0 Å². The van der Waals surface area contributed by atoms with E-state index in [0.29, 0.717) is 6.54 Å². The number of halogens is 3. The highest BCUT2D eigenvalue weighted by Gasteiger charge is 2.08. The van der Waals surface area contributed by atoms with E-state index in [1.54, 1.807) is 14.2 Å². The summed E-state index contributed by atoms with van der Waals surface area (Å²) in [6, 6.07) is 9.98. The van der Waals surface area contributed by atoms with Crippen molar-refractivity contribution in [1.29, 1.82) is 0 Å². The summed E-state index contributed by atoms with van der Waals surface area (Å²) in [4.78, 5) is 0. The molecule has 0 bridgehead atoms. The van der Waals surface area contributed by atoms with Crippen LogP contribution in [0.2, 0.25) is 0 Å². The van der Waals surface area contributed by atoms with Crippen LogP contribution in [0.1, 0.15) is 5.56 Å². The number of ether oxygens (including phenoxy) is 2. The second-order valence-electron chi connectivity index (χ2n) is 4.30. The molecule has 0 aliphatic carbocycles. The van der Waals surface area contributed by atoms with E-state index in [9.17, 15) is 0 Å². The van der Waals surface area contributed by atoms with E-state index in [2.05, 4.69) is 53.1 Å². The maximum absolute atomic E-state index is 5.30. The molecule has 0 saturated heterocycles. The maximum Gasteiger partial charge on any atom is 0.147 e. The molecule has 21 heavy (non-hydrogen) atoms. The molecule has 0 aliphatic rings. The van der Waals surface area contributed by atoms with Crippen molar-refractivity contribution in [3.63, 3.8) is 0 Å². The third-order valence-corrected chi connectivity index (χ3v) is 4.74. The minimum absolute atomic E-state index is 0.700. The summed E-state index contributed by atoms with van der Waals surface area (Å²) in [7, 11) is 3.30. The van der Waals surface area contributed by atoms with Crippen molar-refractivity contribution in [2.75, 3.05) is 19.5 Å². The Morgan fingerprint density at radius 2 is 1.57 bits per heavy atom. The zero-order valence-corrected chi connectivity index (χ0v) is 16.3. The van der Waals surface area contributed by atoms with Crippen molar-refractivity contribution in [1.82, 2.24) is 0 Å². The van der Waals surface area contributed by atoms with E-state index in [1.807, 2.05) is 30.3 Å². The van der Waals surface area contributed by atoms with Crippen LogP contribution < -0.4 is 14.8 Å². The van der Waals surface area contributed by atoms with Gasteiger partial charge in [0.05, 0.1) is 27.6 Å². The van der Waals surface area contributed by atoms with Gasteiger partial charge in [0.15, 0.2) is 0 Å². The van der Waals surface area contributed by atoms with Crippen LogP contribution >= 0.6 is 47.8 Å². The number of hydrogen-bond donors (Lipinski definition) is 1. The third-order valence-electron chi connectivity index (χ3n) is 2.91. The van der Waals surface area contributed by atoms with Crippen LogP contribution in [0.5, 0.6) is 11.5 Å². The number of anilines is 1. The van der Waals surface area contributed by atoms with Gasteiger partial charge in [0.1, 0.15) is 11.5 Å². The Labute approximate surface area is 149 Å². The van der Waals surface area contributed by atoms with Crippen LogP contribution in [-0.2, 0) is 6.54 Å². The molecule has 0 heterocycles. The first-order chi connectivity index (χ1) is 10.0. The van der Waals surface area contributed by atoms with Gasteiger partial charge in [-0.2, -0.15) is 0 Å². The average Bonchev–Trinajstić information content (AvgIpc) is 2.46. The van der Waals surface area contributed by atoms with Crippen molar-refractivity contribution in [2.45, 2.75) is 6.54 Å². The lowest BCUT2D eigenvalue weighted by atomic mass is 10.2. The minimum atomic E-state index is 0.700. The van der Waals surface area contributed by atoms with E-state index >= 15 is 0 Å². The van der Waals surface area contributed by atoms with Gasteiger partial charge < -0.3 is 14.8 Å². The molecule has 6 heteroatoms. The van der Waals surface area contributed by atoms with Crippen LogP contribution in [0.25, 0.3) is 0 Å². The van der Waals surface area contributed by atoms with Crippen LogP contribution in [0, 0.1) is 0 Å². The lowest BCUT2D eigenvalue weighted by molar-refractivity contribution is 0.409. The summed E-state index contributed by atoms with van der Waals surface area (Å²) >= 11 is 10.5. The molecule has 1 N–H and O–H groups in total. The first-order valence-electron chi connectivity index (χ1n) is 6.14. The summed E-state index contributed by atoms with van der Waals surface area (Å²) in [5.74, 6) is 1.60. The van der Waals surface area contributed by atoms with Gasteiger partial charge in [0, 0.05) is 18.3 Å². The van der Waals surface area contributed by atoms with Gasteiger partial charge in [-0.15, -0.1) is 0 Å². The molecule has 3 nitrogen and oxygen atoms in total. The Hall–Kier alpha value is -0.720. The van der Waals surface area contributed by atoms with E-state index in [-0.39, 0.29) is 0 Å². The first-order valence-corrected chi connectivity index (χ1v) is 8.52. The summed E-state index contributed by atoms with van der Waals surface area (Å²) in [5, 5.41) is 3.37. The lowest BCUT2D eigenvalue weighted by Crippen LogP contribution is -2.00. The van der Waals surface area contributed by atoms with Crippen molar-refractivity contribution in [3.8, 4) is 11.5 Å². The Balaban J connectivity index is 2.13. The van der Waals surface area contributed by atoms with Crippen LogP contribution in [0.15, 0.2) is 43.7 Å². The summed E-state index contributed by atoms with van der Waals surface area (Å²) in [6.45, 7) is 0.700. The fourth-order valence-electron chi connectivity index (χ4n) is 1.88. The Bertz CT molecular complexity index is 624. The van der Waals surface area contributed by atoms with E-state index in [1.165, 1.54) is 0 Å². The first kappa shape index (κ1) is 16.6. The highest BCUT2D eigenvalue weighted by Crippen LogP contribution is 2.35. The van der Waals surface area contributed by atoms with Gasteiger partial charge in [-0.25, -0.2) is 0 Å². The second kappa shape index (κ2) is 7.51. The summed E-state index contributed by atoms with van der Waals surface area (Å²) in [6.07, 6.45) is 0. The fourth-order valence-corrected chi connectivity index (χ4v) is 3.90. The molecule has 0 aliphatic heterocycles. The van der Waals surface area contributed by atoms with Gasteiger partial charge in [0.2, 0.25) is 0 Å². The number of benzene rings is 2. The normalized spacial score (nSPS) is 10.3. The predicted molar refractivity (Wildman–Crippen MR) is 96.4 cm³/mol. The molecule has 0 saturated carbocycles. The number of rotatable bonds is 5. The SMILES string of the molecule is COc1cc(NCc2cc(Br)c(OC)c(Br)c2)ccc1Br. The Morgan fingerprint density at radius 3 is 2.14 bits per heavy atom. The van der Waals surface area contributed by atoms with Crippen LogP contribution in [0.4, 0.5) is 5.69 Å². The topological polar surface area (TPSA) is 30.5 Å². The maximum atomic E-state index is 5.30. The fraction of sp³-hybridized carbons (Fsp3) is 0.200. The van der Waals surface area contributed by atoms with Gasteiger partial charge in [-0.05, 0) is 77.6 Å². The van der Waals surface area contributed by atoms with Crippen LogP contribution in [0.3, 0.4) is 0 Å². The molecular weight excluding hydrogens is 466 g/mol. The molecule has 0 amide bonds. The van der Waals surface area contributed by atoms with Gasteiger partial charge in [0.25, 0.3) is 0 Å². The standard InChI is InChI=1S/C15H14Br3NO2/c1-20-14-7-10(3-4-11(14)16)19-8-9-5-12(17)15(21-2)13(18)6-9/h3-7,19H,8H2,1-2H3. The largest absolute Gasteiger partial charge is 0.495 e. The van der Waals surface area contributed by atoms with Crippen molar-refractivity contribution in [3.05, 3.63) is 49.3 Å². The van der Waals surface area contributed by atoms with Crippen molar-refractivity contribution < 1.29 is 9.47 Å². The Morgan fingerprint density at radius 1 is 0.905 bits per heavy atom. The molecular formula is C15H14Br3NO2. The molecule has 0 spiro atoms. The van der Waals surface area contributed by atoms with Crippen molar-refractivity contribution in [2.24, 2.45) is 0 Å². The highest BCUT2D eigenvalue weighted by atomic mass is 79.9. The number of methoxy groups -OCH3 is 2. The van der Waals surface area contributed by atoms with Crippen molar-refractivity contribution >= 4 is 53.5 Å². The summed E-state index contributed by atoms with van der Waals surface area (Å²) < 4.78 is 13.4. The third kappa shape index (κ3) is 4.14. The Kier molecular flexibility index (Phi) is 5.96. The predicted octanol–water partition coefficient (Wildman–Crippen LogP) is 5.60. The quantitative estimate of drug-likeness (QED) is 0.605. The van der Waals surface area contributed by atoms with Crippen LogP contribution in [-0.4, -0.2) is 14.2 Å². The minimum Gasteiger partial charge on any atom is -0.495 e. The molecule has 0 aromatic heterocycles. The second-order valence-corrected chi connectivity index (χ2v) is 6.86. The summed E-state index contributed by atoms with van der Waals surface area (Å²) in [5.41, 5.74) is 2.13. The number of nitrogens with one attached hydrogen (secondary N) is 1. The molecule has 2 aromatic rings. The highest BCUT2D eigenvalue weighted by molar-refractivity contribution is 9.11. The molecule has 2 rings (SSSR count). The lowest BCUT2D eigenvalue weighted by Gasteiger charge is -2.12. The molecule has 112 valence electrons. The zero-order chi connectivity index (χ0) is 15.4. The molecule has 0 radical (unpaired) electrons. The molecule has 2 aromatic carbocycles. The van der Waals surface area contributed by atoms with E-state index < -0.39 is 0 Å². The average molecular weight is 480 g/mol. The van der Waals surface area contributed by atoms with Gasteiger partial charge in [-0.3, -0.25) is 0 Å². The van der Waals surface area contributed by atoms with Gasteiger partial charge >= 0.3 is 0 Å². The monoisotopic (exact) mass is 477 g/mol.